The molecule has 5 heteroatoms. The molecule has 2 aromatic rings. The maximum atomic E-state index is 13.4. The number of urea groups is 1. The van der Waals surface area contributed by atoms with Crippen LogP contribution in [0, 0.1) is 11.6 Å². The number of aryl methyl sites for hydroxylation is 1. The summed E-state index contributed by atoms with van der Waals surface area (Å²) in [7, 11) is 0. The zero-order chi connectivity index (χ0) is 15.7. The Hall–Kier alpha value is -2.43. The van der Waals surface area contributed by atoms with Crippen LogP contribution in [-0.2, 0) is 6.42 Å². The average molecular weight is 302 g/mol. The molecule has 0 fully saturated rings. The molecule has 1 N–H and O–H groups in total. The van der Waals surface area contributed by atoms with Gasteiger partial charge in [0.2, 0.25) is 0 Å². The molecule has 22 heavy (non-hydrogen) atoms. The van der Waals surface area contributed by atoms with E-state index in [1.165, 1.54) is 30.3 Å². The van der Waals surface area contributed by atoms with E-state index in [4.69, 9.17) is 0 Å². The number of carbonyl (C=O) groups excluding carboxylic acids is 1. The van der Waals surface area contributed by atoms with Gasteiger partial charge in [0.15, 0.2) is 0 Å². The van der Waals surface area contributed by atoms with Crippen molar-refractivity contribution in [3.8, 4) is 0 Å². The topological polar surface area (TPSA) is 32.3 Å². The maximum absolute atomic E-state index is 13.4. The summed E-state index contributed by atoms with van der Waals surface area (Å²) in [5, 5.41) is 2.69. The molecule has 2 amide bonds. The second kappa shape index (κ2) is 5.75. The van der Waals surface area contributed by atoms with Crippen molar-refractivity contribution < 1.29 is 13.6 Å². The molecule has 0 saturated heterocycles. The van der Waals surface area contributed by atoms with Gasteiger partial charge in [-0.15, -0.1) is 0 Å². The van der Waals surface area contributed by atoms with Crippen molar-refractivity contribution in [1.82, 2.24) is 0 Å². The Balaban J connectivity index is 1.89. The van der Waals surface area contributed by atoms with Crippen molar-refractivity contribution in [2.45, 2.75) is 25.8 Å². The summed E-state index contributed by atoms with van der Waals surface area (Å²) >= 11 is 0. The minimum absolute atomic E-state index is 0.00785. The summed E-state index contributed by atoms with van der Waals surface area (Å²) in [6.07, 6.45) is 1.49. The summed E-state index contributed by atoms with van der Waals surface area (Å²) in [4.78, 5) is 14.1. The standard InChI is InChI=1S/C17H16F2N2O/c1-11-5-6-12-9-14(19)7-8-16(12)21(11)17(22)20-15-4-2-3-13(18)10-15/h2-4,7-11H,5-6H2,1H3,(H,20,22)/t11-/m0/s1. The summed E-state index contributed by atoms with van der Waals surface area (Å²) in [6.45, 7) is 1.94. The average Bonchev–Trinajstić information content (AvgIpc) is 2.47. The molecule has 0 saturated carbocycles. The van der Waals surface area contributed by atoms with Crippen LogP contribution in [0.1, 0.15) is 18.9 Å². The van der Waals surface area contributed by atoms with Crippen molar-refractivity contribution in [3.05, 3.63) is 59.7 Å². The van der Waals surface area contributed by atoms with Gasteiger partial charge in [-0.1, -0.05) is 6.07 Å². The summed E-state index contributed by atoms with van der Waals surface area (Å²) in [6, 6.07) is 9.82. The summed E-state index contributed by atoms with van der Waals surface area (Å²) in [5.41, 5.74) is 1.91. The number of benzene rings is 2. The third kappa shape index (κ3) is 2.79. The summed E-state index contributed by atoms with van der Waals surface area (Å²) < 4.78 is 26.6. The third-order valence-corrected chi connectivity index (χ3v) is 3.87. The van der Waals surface area contributed by atoms with Crippen LogP contribution < -0.4 is 10.2 Å². The van der Waals surface area contributed by atoms with Gasteiger partial charge in [-0.2, -0.15) is 0 Å². The molecule has 0 radical (unpaired) electrons. The lowest BCUT2D eigenvalue weighted by Gasteiger charge is -2.35. The molecule has 1 aliphatic heterocycles. The molecule has 1 aliphatic rings. The van der Waals surface area contributed by atoms with Crippen LogP contribution in [0.2, 0.25) is 0 Å². The molecule has 0 unspecified atom stereocenters. The highest BCUT2D eigenvalue weighted by atomic mass is 19.1. The molecule has 0 aliphatic carbocycles. The fourth-order valence-corrected chi connectivity index (χ4v) is 2.78. The highest BCUT2D eigenvalue weighted by Crippen LogP contribution is 2.31. The molecule has 1 heterocycles. The van der Waals surface area contributed by atoms with E-state index in [-0.39, 0.29) is 17.9 Å². The number of rotatable bonds is 1. The molecule has 1 atom stereocenters. The van der Waals surface area contributed by atoms with Crippen LogP contribution in [0.15, 0.2) is 42.5 Å². The number of carbonyl (C=O) groups is 1. The van der Waals surface area contributed by atoms with Crippen LogP contribution in [0.25, 0.3) is 0 Å². The minimum Gasteiger partial charge on any atom is -0.307 e. The molecule has 3 nitrogen and oxygen atoms in total. The van der Waals surface area contributed by atoms with Gasteiger partial charge in [-0.25, -0.2) is 13.6 Å². The van der Waals surface area contributed by atoms with Crippen molar-refractivity contribution >= 4 is 17.4 Å². The van der Waals surface area contributed by atoms with Gasteiger partial charge >= 0.3 is 6.03 Å². The van der Waals surface area contributed by atoms with Crippen LogP contribution in [0.3, 0.4) is 0 Å². The van der Waals surface area contributed by atoms with Crippen LogP contribution >= 0.6 is 0 Å². The lowest BCUT2D eigenvalue weighted by molar-refractivity contribution is 0.254. The highest BCUT2D eigenvalue weighted by Gasteiger charge is 2.28. The van der Waals surface area contributed by atoms with Gasteiger partial charge in [0.25, 0.3) is 0 Å². The number of hydrogen-bond acceptors (Lipinski definition) is 1. The Kier molecular flexibility index (Phi) is 3.79. The first-order valence-electron chi connectivity index (χ1n) is 7.19. The smallest absolute Gasteiger partial charge is 0.307 e. The first-order chi connectivity index (χ1) is 10.5. The maximum Gasteiger partial charge on any atom is 0.326 e. The molecule has 0 aromatic heterocycles. The monoisotopic (exact) mass is 302 g/mol. The number of nitrogens with zero attached hydrogens (tertiary/aromatic N) is 1. The molecule has 3 rings (SSSR count). The number of halogens is 2. The molecule has 114 valence electrons. The van der Waals surface area contributed by atoms with Gasteiger partial charge in [0, 0.05) is 17.4 Å². The Labute approximate surface area is 127 Å². The van der Waals surface area contributed by atoms with Crippen molar-refractivity contribution in [1.29, 1.82) is 0 Å². The van der Waals surface area contributed by atoms with E-state index in [1.54, 1.807) is 17.0 Å². The number of anilines is 2. The predicted molar refractivity (Wildman–Crippen MR) is 82.1 cm³/mol. The second-order valence-electron chi connectivity index (χ2n) is 5.47. The largest absolute Gasteiger partial charge is 0.326 e. The van der Waals surface area contributed by atoms with Gasteiger partial charge < -0.3 is 5.32 Å². The van der Waals surface area contributed by atoms with Crippen molar-refractivity contribution in [2.24, 2.45) is 0 Å². The van der Waals surface area contributed by atoms with E-state index in [1.807, 2.05) is 6.92 Å². The van der Waals surface area contributed by atoms with Gasteiger partial charge in [-0.3, -0.25) is 4.90 Å². The fourth-order valence-electron chi connectivity index (χ4n) is 2.78. The lowest BCUT2D eigenvalue weighted by atomic mass is 9.97. The van der Waals surface area contributed by atoms with Gasteiger partial charge in [0.1, 0.15) is 11.6 Å². The number of amides is 2. The molecule has 0 bridgehead atoms. The third-order valence-electron chi connectivity index (χ3n) is 3.87. The molecular weight excluding hydrogens is 286 g/mol. The lowest BCUT2D eigenvalue weighted by Crippen LogP contribution is -2.44. The first kappa shape index (κ1) is 14.5. The van der Waals surface area contributed by atoms with E-state index in [0.29, 0.717) is 11.4 Å². The highest BCUT2D eigenvalue weighted by molar-refractivity contribution is 6.02. The Morgan fingerprint density at radius 1 is 1.18 bits per heavy atom. The van der Waals surface area contributed by atoms with Crippen molar-refractivity contribution in [3.63, 3.8) is 0 Å². The Morgan fingerprint density at radius 3 is 2.73 bits per heavy atom. The number of nitrogens with one attached hydrogen (secondary N) is 1. The van der Waals surface area contributed by atoms with E-state index in [2.05, 4.69) is 5.32 Å². The zero-order valence-corrected chi connectivity index (χ0v) is 12.1. The number of fused-ring (bicyclic) bond motifs is 1. The zero-order valence-electron chi connectivity index (χ0n) is 12.1. The number of hydrogen-bond donors (Lipinski definition) is 1. The Morgan fingerprint density at radius 2 is 1.95 bits per heavy atom. The van der Waals surface area contributed by atoms with Crippen LogP contribution in [0.4, 0.5) is 25.0 Å². The normalized spacial score (nSPS) is 17.0. The SMILES string of the molecule is C[C@H]1CCc2cc(F)ccc2N1C(=O)Nc1cccc(F)c1. The first-order valence-corrected chi connectivity index (χ1v) is 7.19. The molecular formula is C17H16F2N2O. The van der Waals surface area contributed by atoms with Crippen LogP contribution in [-0.4, -0.2) is 12.1 Å². The minimum atomic E-state index is -0.410. The predicted octanol–water partition coefficient (Wildman–Crippen LogP) is 4.34. The van der Waals surface area contributed by atoms with E-state index < -0.39 is 5.82 Å². The molecule has 0 spiro atoms. The Bertz CT molecular complexity index is 718. The van der Waals surface area contributed by atoms with Gasteiger partial charge in [-0.05, 0) is 61.7 Å². The van der Waals surface area contributed by atoms with E-state index >= 15 is 0 Å². The van der Waals surface area contributed by atoms with E-state index in [0.717, 1.165) is 18.4 Å². The fraction of sp³-hybridized carbons (Fsp3) is 0.235. The van der Waals surface area contributed by atoms with Crippen molar-refractivity contribution in [2.75, 3.05) is 10.2 Å². The second-order valence-corrected chi connectivity index (χ2v) is 5.47. The van der Waals surface area contributed by atoms with Crippen LogP contribution in [0.5, 0.6) is 0 Å². The summed E-state index contributed by atoms with van der Waals surface area (Å²) in [5.74, 6) is -0.717. The van der Waals surface area contributed by atoms with Gasteiger partial charge in [0.05, 0.1) is 0 Å². The van der Waals surface area contributed by atoms with E-state index in [9.17, 15) is 13.6 Å². The molecule has 2 aromatic carbocycles. The quantitative estimate of drug-likeness (QED) is 0.835.